The number of hydrogen-bond donors (Lipinski definition) is 3. The highest BCUT2D eigenvalue weighted by molar-refractivity contribution is 7.89. The van der Waals surface area contributed by atoms with Crippen molar-refractivity contribution in [3.63, 3.8) is 0 Å². The molecule has 0 radical (unpaired) electrons. The van der Waals surface area contributed by atoms with Crippen LogP contribution in [-0.2, 0) is 16.6 Å². The van der Waals surface area contributed by atoms with E-state index in [1.54, 1.807) is 12.1 Å². The van der Waals surface area contributed by atoms with Gasteiger partial charge in [-0.2, -0.15) is 0 Å². The molecule has 2 aromatic heterocycles. The molecule has 0 unspecified atom stereocenters. The van der Waals surface area contributed by atoms with Crippen molar-refractivity contribution in [3.8, 4) is 0 Å². The standard InChI is InChI=1S/C17H14ClN5O5S/c18-13-4-3-11(16(24)22-23-17(25)14-10-19-5-6-20-14)8-15(13)29(26,27)21-9-12-2-1-7-28-12/h1-8,10,21H,9H2,(H,22,24)(H,23,25). The van der Waals surface area contributed by atoms with Gasteiger partial charge in [0.25, 0.3) is 11.8 Å². The van der Waals surface area contributed by atoms with Crippen LogP contribution in [0.2, 0.25) is 5.02 Å². The van der Waals surface area contributed by atoms with Gasteiger partial charge in [0, 0.05) is 18.0 Å². The Morgan fingerprint density at radius 3 is 2.59 bits per heavy atom. The minimum absolute atomic E-state index is 0.00528. The maximum Gasteiger partial charge on any atom is 0.289 e. The summed E-state index contributed by atoms with van der Waals surface area (Å²) >= 11 is 5.99. The van der Waals surface area contributed by atoms with Crippen molar-refractivity contribution in [1.82, 2.24) is 25.5 Å². The molecule has 2 heterocycles. The van der Waals surface area contributed by atoms with Crippen molar-refractivity contribution in [3.05, 3.63) is 77.2 Å². The van der Waals surface area contributed by atoms with Crippen molar-refractivity contribution >= 4 is 33.4 Å². The zero-order valence-corrected chi connectivity index (χ0v) is 16.2. The van der Waals surface area contributed by atoms with Crippen LogP contribution in [0.15, 0.2) is 64.5 Å². The van der Waals surface area contributed by atoms with Crippen LogP contribution in [0, 0.1) is 0 Å². The number of rotatable bonds is 6. The number of benzene rings is 1. The van der Waals surface area contributed by atoms with Crippen LogP contribution in [0.4, 0.5) is 0 Å². The first kappa shape index (κ1) is 20.5. The van der Waals surface area contributed by atoms with Crippen LogP contribution in [0.1, 0.15) is 26.6 Å². The Labute approximate surface area is 170 Å². The topological polar surface area (TPSA) is 143 Å². The monoisotopic (exact) mass is 435 g/mol. The molecule has 10 nitrogen and oxygen atoms in total. The highest BCUT2D eigenvalue weighted by Gasteiger charge is 2.21. The fraction of sp³-hybridized carbons (Fsp3) is 0.0588. The summed E-state index contributed by atoms with van der Waals surface area (Å²) in [5, 5.41) is -0.0721. The summed E-state index contributed by atoms with van der Waals surface area (Å²) in [6.07, 6.45) is 5.35. The number of furan rings is 1. The van der Waals surface area contributed by atoms with Crippen LogP contribution in [0.25, 0.3) is 0 Å². The number of amides is 2. The van der Waals surface area contributed by atoms with E-state index in [2.05, 4.69) is 25.5 Å². The van der Waals surface area contributed by atoms with Crippen molar-refractivity contribution in [1.29, 1.82) is 0 Å². The summed E-state index contributed by atoms with van der Waals surface area (Å²) in [5.74, 6) is -1.03. The van der Waals surface area contributed by atoms with Gasteiger partial charge >= 0.3 is 0 Å². The zero-order valence-electron chi connectivity index (χ0n) is 14.6. The molecular formula is C17H14ClN5O5S. The van der Waals surface area contributed by atoms with Gasteiger partial charge in [-0.05, 0) is 30.3 Å². The number of nitrogens with one attached hydrogen (secondary N) is 3. The molecule has 0 bridgehead atoms. The van der Waals surface area contributed by atoms with E-state index in [4.69, 9.17) is 16.0 Å². The Balaban J connectivity index is 1.70. The summed E-state index contributed by atoms with van der Waals surface area (Å²) < 4.78 is 32.4. The number of aromatic nitrogens is 2. The average Bonchev–Trinajstić information content (AvgIpc) is 3.25. The molecule has 0 saturated carbocycles. The first-order valence-electron chi connectivity index (χ1n) is 8.05. The summed E-state index contributed by atoms with van der Waals surface area (Å²) in [6, 6.07) is 6.90. The molecule has 0 spiro atoms. The van der Waals surface area contributed by atoms with E-state index in [0.717, 1.165) is 6.07 Å². The fourth-order valence-corrected chi connectivity index (χ4v) is 3.69. The summed E-state index contributed by atoms with van der Waals surface area (Å²) in [4.78, 5) is 31.4. The minimum atomic E-state index is -4.02. The molecule has 12 heteroatoms. The number of carbonyl (C=O) groups excluding carboxylic acids is 2. The van der Waals surface area contributed by atoms with E-state index in [9.17, 15) is 18.0 Å². The van der Waals surface area contributed by atoms with Crippen molar-refractivity contribution < 1.29 is 22.4 Å². The largest absolute Gasteiger partial charge is 0.468 e. The Hall–Kier alpha value is -3.28. The van der Waals surface area contributed by atoms with E-state index in [0.29, 0.717) is 5.76 Å². The number of hydrazine groups is 1. The Kier molecular flexibility index (Phi) is 6.22. The normalized spacial score (nSPS) is 11.1. The summed E-state index contributed by atoms with van der Waals surface area (Å²) in [5.41, 5.74) is 4.29. The molecule has 150 valence electrons. The van der Waals surface area contributed by atoms with Gasteiger partial charge in [-0.1, -0.05) is 11.6 Å². The van der Waals surface area contributed by atoms with Gasteiger partial charge in [0.05, 0.1) is 24.0 Å². The fourth-order valence-electron chi connectivity index (χ4n) is 2.17. The molecule has 29 heavy (non-hydrogen) atoms. The number of nitrogens with zero attached hydrogens (tertiary/aromatic N) is 2. The zero-order chi connectivity index (χ0) is 20.9. The smallest absolute Gasteiger partial charge is 0.289 e. The van der Waals surface area contributed by atoms with Crippen LogP contribution in [0.3, 0.4) is 0 Å². The lowest BCUT2D eigenvalue weighted by Crippen LogP contribution is -2.42. The van der Waals surface area contributed by atoms with E-state index < -0.39 is 21.8 Å². The first-order chi connectivity index (χ1) is 13.9. The lowest BCUT2D eigenvalue weighted by Gasteiger charge is -2.10. The third kappa shape index (κ3) is 5.16. The molecule has 0 saturated heterocycles. The van der Waals surface area contributed by atoms with E-state index in [-0.39, 0.29) is 27.7 Å². The molecule has 2 amide bonds. The number of sulfonamides is 1. The van der Waals surface area contributed by atoms with Crippen LogP contribution < -0.4 is 15.6 Å². The van der Waals surface area contributed by atoms with Crippen molar-refractivity contribution in [2.24, 2.45) is 0 Å². The van der Waals surface area contributed by atoms with Crippen molar-refractivity contribution in [2.75, 3.05) is 0 Å². The lowest BCUT2D eigenvalue weighted by atomic mass is 10.2. The average molecular weight is 436 g/mol. The van der Waals surface area contributed by atoms with Crippen LogP contribution >= 0.6 is 11.6 Å². The van der Waals surface area contributed by atoms with Crippen molar-refractivity contribution in [2.45, 2.75) is 11.4 Å². The molecule has 3 aromatic rings. The predicted molar refractivity (Wildman–Crippen MR) is 101 cm³/mol. The van der Waals surface area contributed by atoms with Gasteiger partial charge in [-0.25, -0.2) is 18.1 Å². The molecule has 0 aliphatic heterocycles. The van der Waals surface area contributed by atoms with Gasteiger partial charge < -0.3 is 4.42 Å². The quantitative estimate of drug-likeness (QED) is 0.494. The molecule has 3 N–H and O–H groups in total. The summed E-state index contributed by atoms with van der Waals surface area (Å²) in [7, 11) is -4.02. The lowest BCUT2D eigenvalue weighted by molar-refractivity contribution is 0.0843. The Morgan fingerprint density at radius 1 is 1.10 bits per heavy atom. The van der Waals surface area contributed by atoms with Gasteiger partial charge in [0.1, 0.15) is 16.3 Å². The Bertz CT molecular complexity index is 1120. The molecular weight excluding hydrogens is 422 g/mol. The molecule has 3 rings (SSSR count). The molecule has 0 atom stereocenters. The predicted octanol–water partition coefficient (Wildman–Crippen LogP) is 1.28. The third-order valence-corrected chi connectivity index (χ3v) is 5.47. The SMILES string of the molecule is O=C(NNC(=O)c1cnccn1)c1ccc(Cl)c(S(=O)(=O)NCc2ccco2)c1. The highest BCUT2D eigenvalue weighted by atomic mass is 35.5. The first-order valence-corrected chi connectivity index (χ1v) is 9.91. The van der Waals surface area contributed by atoms with E-state index in [1.807, 2.05) is 0 Å². The minimum Gasteiger partial charge on any atom is -0.468 e. The third-order valence-electron chi connectivity index (χ3n) is 3.58. The highest BCUT2D eigenvalue weighted by Crippen LogP contribution is 2.23. The molecule has 0 aliphatic carbocycles. The molecule has 0 fully saturated rings. The number of hydrogen-bond acceptors (Lipinski definition) is 7. The number of halogens is 1. The molecule has 0 aliphatic rings. The summed E-state index contributed by atoms with van der Waals surface area (Å²) in [6.45, 7) is -0.0870. The van der Waals surface area contributed by atoms with E-state index in [1.165, 1.54) is 37.0 Å². The Morgan fingerprint density at radius 2 is 1.90 bits per heavy atom. The maximum atomic E-state index is 12.5. The number of carbonyl (C=O) groups is 2. The van der Waals surface area contributed by atoms with E-state index >= 15 is 0 Å². The van der Waals surface area contributed by atoms with Gasteiger partial charge in [-0.15, -0.1) is 0 Å². The van der Waals surface area contributed by atoms with Gasteiger partial charge in [0.15, 0.2) is 0 Å². The van der Waals surface area contributed by atoms with Gasteiger partial charge in [0.2, 0.25) is 10.0 Å². The van der Waals surface area contributed by atoms with Crippen LogP contribution in [-0.4, -0.2) is 30.2 Å². The second kappa shape index (κ2) is 8.82. The van der Waals surface area contributed by atoms with Crippen LogP contribution in [0.5, 0.6) is 0 Å². The molecule has 1 aromatic carbocycles. The second-order valence-electron chi connectivity index (χ2n) is 5.55. The maximum absolute atomic E-state index is 12.5. The van der Waals surface area contributed by atoms with Gasteiger partial charge in [-0.3, -0.25) is 25.4 Å². The second-order valence-corrected chi connectivity index (χ2v) is 7.69.